The number of hydrogen-bond donors (Lipinski definition) is 5. The predicted molar refractivity (Wildman–Crippen MR) is 154 cm³/mol. The number of aromatic hydroxyl groups is 2. The fraction of sp³-hybridized carbons (Fsp3) is 0.406. The summed E-state index contributed by atoms with van der Waals surface area (Å²) >= 11 is 0. The number of ether oxygens (including phenoxy) is 3. The molecule has 5 atom stereocenters. The smallest absolute Gasteiger partial charge is 0.339 e. The zero-order chi connectivity index (χ0) is 32.0. The third-order valence-electron chi connectivity index (χ3n) is 8.87. The Labute approximate surface area is 257 Å². The highest BCUT2D eigenvalue weighted by molar-refractivity contribution is 5.97. The molecular weight excluding hydrogens is 594 g/mol. The molecule has 2 saturated heterocycles. The molecule has 3 aliphatic rings. The number of esters is 1. The van der Waals surface area contributed by atoms with Gasteiger partial charge in [0.15, 0.2) is 17.6 Å². The highest BCUT2D eigenvalue weighted by Gasteiger charge is 2.53. The van der Waals surface area contributed by atoms with Crippen LogP contribution in [0.4, 0.5) is 8.78 Å². The number of halogens is 2. The van der Waals surface area contributed by atoms with Gasteiger partial charge in [0.25, 0.3) is 0 Å². The van der Waals surface area contributed by atoms with Crippen molar-refractivity contribution in [3.05, 3.63) is 88.0 Å². The summed E-state index contributed by atoms with van der Waals surface area (Å²) in [6, 6.07) is 12.1. The number of phenolic OH excluding ortho intramolecular Hbond substituents is 2. The van der Waals surface area contributed by atoms with Crippen molar-refractivity contribution in [3.8, 4) is 17.2 Å². The molecule has 0 aliphatic carbocycles. The van der Waals surface area contributed by atoms with Crippen molar-refractivity contribution in [1.82, 2.24) is 9.80 Å². The third-order valence-corrected chi connectivity index (χ3v) is 8.87. The number of hydrogen-bond acceptors (Lipinski definition) is 11. The van der Waals surface area contributed by atoms with Crippen molar-refractivity contribution in [2.75, 3.05) is 39.9 Å². The average Bonchev–Trinajstić information content (AvgIpc) is 3.04. The van der Waals surface area contributed by atoms with Crippen LogP contribution in [0.1, 0.15) is 44.8 Å². The van der Waals surface area contributed by atoms with Crippen molar-refractivity contribution >= 4 is 5.97 Å². The van der Waals surface area contributed by atoms with Gasteiger partial charge in [0.05, 0.1) is 25.3 Å². The lowest BCUT2D eigenvalue weighted by Gasteiger charge is -2.45. The molecule has 240 valence electrons. The molecule has 0 bridgehead atoms. The zero-order valence-corrected chi connectivity index (χ0v) is 24.3. The molecule has 3 aromatic rings. The van der Waals surface area contributed by atoms with Crippen molar-refractivity contribution in [1.29, 1.82) is 0 Å². The van der Waals surface area contributed by atoms with Gasteiger partial charge in [0.1, 0.15) is 36.1 Å². The monoisotopic (exact) mass is 628 g/mol. The van der Waals surface area contributed by atoms with E-state index in [1.165, 1.54) is 31.4 Å². The van der Waals surface area contributed by atoms with Gasteiger partial charge < -0.3 is 39.7 Å². The summed E-state index contributed by atoms with van der Waals surface area (Å²) in [5, 5.41) is 53.0. The second kappa shape index (κ2) is 12.5. The Morgan fingerprint density at radius 3 is 2.02 bits per heavy atom. The van der Waals surface area contributed by atoms with E-state index in [0.29, 0.717) is 26.2 Å². The van der Waals surface area contributed by atoms with Crippen molar-refractivity contribution in [2.45, 2.75) is 43.1 Å². The molecule has 3 heterocycles. The molecule has 0 aromatic heterocycles. The molecule has 5 N–H and O–H groups in total. The summed E-state index contributed by atoms with van der Waals surface area (Å²) < 4.78 is 44.1. The van der Waals surface area contributed by atoms with Crippen LogP contribution in [-0.2, 0) is 16.0 Å². The first-order valence-electron chi connectivity index (χ1n) is 14.6. The van der Waals surface area contributed by atoms with Gasteiger partial charge in [-0.15, -0.1) is 0 Å². The Morgan fingerprint density at radius 1 is 0.911 bits per heavy atom. The molecule has 3 aromatic carbocycles. The number of carbonyl (C=O) groups is 1. The number of piperazine rings is 1. The van der Waals surface area contributed by atoms with Gasteiger partial charge in [-0.3, -0.25) is 9.80 Å². The normalized spacial score (nSPS) is 25.5. The molecule has 11 nitrogen and oxygen atoms in total. The maximum Gasteiger partial charge on any atom is 0.339 e. The van der Waals surface area contributed by atoms with Gasteiger partial charge in [0, 0.05) is 43.9 Å². The Kier molecular flexibility index (Phi) is 8.66. The minimum absolute atomic E-state index is 0.0531. The molecule has 0 radical (unpaired) electrons. The molecule has 13 heteroatoms. The predicted octanol–water partition coefficient (Wildman–Crippen LogP) is 1.98. The summed E-state index contributed by atoms with van der Waals surface area (Å²) in [6.07, 6.45) is -7.02. The zero-order valence-electron chi connectivity index (χ0n) is 24.3. The number of aliphatic hydroxyl groups excluding tert-OH is 3. The Bertz CT molecular complexity index is 1500. The van der Waals surface area contributed by atoms with Crippen LogP contribution in [0, 0.1) is 11.6 Å². The number of carbonyl (C=O) groups excluding carboxylic acids is 1. The van der Waals surface area contributed by atoms with E-state index in [1.807, 2.05) is 4.90 Å². The second-order valence-electron chi connectivity index (χ2n) is 11.4. The first kappa shape index (κ1) is 31.1. The SMILES string of the molecule is COc1c(O)c(CN2CCN(C(c3ccc(F)cc3)c3ccc(F)cc3)CC2)c2c(c1O)C1OC(CO)C(O)C(O)C1OC2=O. The van der Waals surface area contributed by atoms with Crippen molar-refractivity contribution in [3.63, 3.8) is 0 Å². The molecule has 3 aliphatic heterocycles. The van der Waals surface area contributed by atoms with Crippen LogP contribution in [0.3, 0.4) is 0 Å². The Hall–Kier alpha value is -3.85. The maximum atomic E-state index is 13.7. The lowest BCUT2D eigenvalue weighted by Crippen LogP contribution is -2.58. The van der Waals surface area contributed by atoms with E-state index in [9.17, 15) is 39.1 Å². The average molecular weight is 629 g/mol. The number of aliphatic hydroxyl groups is 3. The molecule has 0 amide bonds. The fourth-order valence-electron chi connectivity index (χ4n) is 6.57. The molecule has 5 unspecified atom stereocenters. The topological polar surface area (TPSA) is 152 Å². The van der Waals surface area contributed by atoms with Crippen LogP contribution in [0.2, 0.25) is 0 Å². The van der Waals surface area contributed by atoms with Crippen LogP contribution in [0.25, 0.3) is 0 Å². The second-order valence-corrected chi connectivity index (χ2v) is 11.4. The van der Waals surface area contributed by atoms with Crippen molar-refractivity contribution in [2.24, 2.45) is 0 Å². The van der Waals surface area contributed by atoms with Crippen LogP contribution in [-0.4, -0.2) is 106 Å². The molecule has 6 rings (SSSR count). The van der Waals surface area contributed by atoms with Gasteiger partial charge in [-0.1, -0.05) is 24.3 Å². The van der Waals surface area contributed by atoms with Gasteiger partial charge >= 0.3 is 5.97 Å². The van der Waals surface area contributed by atoms with Crippen LogP contribution >= 0.6 is 0 Å². The van der Waals surface area contributed by atoms with Gasteiger partial charge in [-0.2, -0.15) is 0 Å². The summed E-state index contributed by atoms with van der Waals surface area (Å²) in [5.74, 6) is -3.00. The van der Waals surface area contributed by atoms with E-state index in [2.05, 4.69) is 4.90 Å². The van der Waals surface area contributed by atoms with E-state index in [4.69, 9.17) is 14.2 Å². The fourth-order valence-corrected chi connectivity index (χ4v) is 6.57. The Balaban J connectivity index is 1.29. The lowest BCUT2D eigenvalue weighted by molar-refractivity contribution is -0.235. The number of methoxy groups -OCH3 is 1. The number of nitrogens with zero attached hydrogens (tertiary/aromatic N) is 2. The number of benzene rings is 3. The molecule has 0 saturated carbocycles. The number of rotatable bonds is 7. The van der Waals surface area contributed by atoms with E-state index < -0.39 is 54.6 Å². The maximum absolute atomic E-state index is 13.7. The minimum atomic E-state index is -1.61. The summed E-state index contributed by atoms with van der Waals surface area (Å²) in [6.45, 7) is 1.42. The van der Waals surface area contributed by atoms with Crippen molar-refractivity contribution < 1.29 is 53.3 Å². The summed E-state index contributed by atoms with van der Waals surface area (Å²) in [4.78, 5) is 17.5. The highest BCUT2D eigenvalue weighted by atomic mass is 19.1. The van der Waals surface area contributed by atoms with E-state index in [1.54, 1.807) is 24.3 Å². The van der Waals surface area contributed by atoms with Crippen LogP contribution < -0.4 is 4.74 Å². The molecule has 2 fully saturated rings. The molecule has 45 heavy (non-hydrogen) atoms. The largest absolute Gasteiger partial charge is 0.504 e. The quantitative estimate of drug-likeness (QED) is 0.244. The first-order valence-corrected chi connectivity index (χ1v) is 14.6. The molecule has 0 spiro atoms. The van der Waals surface area contributed by atoms with Crippen LogP contribution in [0.15, 0.2) is 48.5 Å². The lowest BCUT2D eigenvalue weighted by atomic mass is 9.84. The summed E-state index contributed by atoms with van der Waals surface area (Å²) in [7, 11) is 1.24. The van der Waals surface area contributed by atoms with Gasteiger partial charge in [-0.05, 0) is 35.4 Å². The third kappa shape index (κ3) is 5.60. The molecular formula is C32H34F2N2O9. The highest BCUT2D eigenvalue weighted by Crippen LogP contribution is 2.52. The Morgan fingerprint density at radius 2 is 1.49 bits per heavy atom. The minimum Gasteiger partial charge on any atom is -0.504 e. The van der Waals surface area contributed by atoms with E-state index in [-0.39, 0.29) is 46.7 Å². The number of phenols is 2. The van der Waals surface area contributed by atoms with Gasteiger partial charge in [0.2, 0.25) is 5.75 Å². The van der Waals surface area contributed by atoms with Crippen LogP contribution in [0.5, 0.6) is 17.2 Å². The summed E-state index contributed by atoms with van der Waals surface area (Å²) in [5.41, 5.74) is 1.58. The van der Waals surface area contributed by atoms with E-state index >= 15 is 0 Å². The first-order chi connectivity index (χ1) is 21.6. The standard InChI is InChI=1S/C32H34F2N2O9/c1-43-30-25(38)20(22-23(27(30)40)29-31(45-32(22)42)28(41)26(39)21(15-37)44-29)14-35-10-12-36(13-11-35)24(16-2-6-18(33)7-3-16)17-4-8-19(34)9-5-17/h2-9,21,24,26,28-29,31,37-41H,10-15H2,1H3. The van der Waals surface area contributed by atoms with E-state index in [0.717, 1.165) is 11.1 Å². The number of fused-ring (bicyclic) bond motifs is 3. The van der Waals surface area contributed by atoms with Gasteiger partial charge in [-0.25, -0.2) is 13.6 Å².